The number of nitrogens with two attached hydrogens (primary N) is 1. The summed E-state index contributed by atoms with van der Waals surface area (Å²) in [6.07, 6.45) is 0.804. The van der Waals surface area contributed by atoms with E-state index in [0.29, 0.717) is 5.25 Å². The number of aliphatic hydroxyl groups excluding tert-OH is 1. The Bertz CT molecular complexity index is 400. The summed E-state index contributed by atoms with van der Waals surface area (Å²) in [5.74, 6) is 2.39. The Morgan fingerprint density at radius 3 is 2.94 bits per heavy atom. The van der Waals surface area contributed by atoms with E-state index in [9.17, 15) is 0 Å². The Hall–Kier alpha value is -0.910. The highest BCUT2D eigenvalue weighted by molar-refractivity contribution is 7.99. The molecule has 100 valence electrons. The predicted molar refractivity (Wildman–Crippen MR) is 73.1 cm³/mol. The van der Waals surface area contributed by atoms with Gasteiger partial charge in [-0.15, -0.1) is 0 Å². The van der Waals surface area contributed by atoms with Gasteiger partial charge in [-0.05, 0) is 24.1 Å². The minimum Gasteiger partial charge on any atom is -0.454 e. The largest absolute Gasteiger partial charge is 0.454 e. The highest BCUT2D eigenvalue weighted by Gasteiger charge is 2.16. The van der Waals surface area contributed by atoms with Crippen LogP contribution in [0.3, 0.4) is 0 Å². The van der Waals surface area contributed by atoms with E-state index >= 15 is 0 Å². The lowest BCUT2D eigenvalue weighted by Gasteiger charge is -2.15. The van der Waals surface area contributed by atoms with Crippen LogP contribution < -0.4 is 15.2 Å². The lowest BCUT2D eigenvalue weighted by atomic mass is 10.1. The molecule has 1 aliphatic heterocycles. The molecule has 0 bridgehead atoms. The van der Waals surface area contributed by atoms with Crippen LogP contribution in [-0.4, -0.2) is 29.5 Å². The molecule has 0 aromatic heterocycles. The summed E-state index contributed by atoms with van der Waals surface area (Å²) in [6, 6.07) is 5.81. The average molecular weight is 269 g/mol. The lowest BCUT2D eigenvalue weighted by Crippen LogP contribution is -2.15. The number of thioether (sulfide) groups is 1. The van der Waals surface area contributed by atoms with E-state index in [1.54, 1.807) is 11.8 Å². The van der Waals surface area contributed by atoms with Crippen molar-refractivity contribution in [1.29, 1.82) is 0 Å². The third kappa shape index (κ3) is 3.31. The maximum absolute atomic E-state index is 8.85. The average Bonchev–Trinajstić information content (AvgIpc) is 2.83. The zero-order valence-corrected chi connectivity index (χ0v) is 11.3. The van der Waals surface area contributed by atoms with Gasteiger partial charge in [0.2, 0.25) is 6.79 Å². The second-order valence-electron chi connectivity index (χ2n) is 4.38. The topological polar surface area (TPSA) is 64.7 Å². The summed E-state index contributed by atoms with van der Waals surface area (Å²) in [7, 11) is 0. The number of hydrogen-bond donors (Lipinski definition) is 2. The molecule has 0 radical (unpaired) electrons. The smallest absolute Gasteiger partial charge is 0.231 e. The Balaban J connectivity index is 1.90. The monoisotopic (exact) mass is 269 g/mol. The van der Waals surface area contributed by atoms with Crippen LogP contribution in [0, 0.1) is 0 Å². The second kappa shape index (κ2) is 6.31. The van der Waals surface area contributed by atoms with Gasteiger partial charge in [-0.1, -0.05) is 13.0 Å². The van der Waals surface area contributed by atoms with Crippen molar-refractivity contribution in [2.45, 2.75) is 24.6 Å². The van der Waals surface area contributed by atoms with Gasteiger partial charge in [0, 0.05) is 23.7 Å². The van der Waals surface area contributed by atoms with Crippen LogP contribution >= 0.6 is 11.8 Å². The maximum Gasteiger partial charge on any atom is 0.231 e. The van der Waals surface area contributed by atoms with Gasteiger partial charge in [0.25, 0.3) is 0 Å². The van der Waals surface area contributed by atoms with Crippen LogP contribution in [0.25, 0.3) is 0 Å². The molecule has 2 rings (SSSR count). The minimum atomic E-state index is -0.0226. The third-order valence-electron chi connectivity index (χ3n) is 2.92. The zero-order chi connectivity index (χ0) is 13.0. The Morgan fingerprint density at radius 2 is 2.17 bits per heavy atom. The Labute approximate surface area is 111 Å². The van der Waals surface area contributed by atoms with Gasteiger partial charge < -0.3 is 20.3 Å². The minimum absolute atomic E-state index is 0.0226. The fourth-order valence-electron chi connectivity index (χ4n) is 1.77. The predicted octanol–water partition coefficient (Wildman–Crippen LogP) is 1.92. The van der Waals surface area contributed by atoms with Crippen molar-refractivity contribution in [3.63, 3.8) is 0 Å². The molecule has 1 aliphatic rings. The first-order chi connectivity index (χ1) is 8.70. The van der Waals surface area contributed by atoms with Crippen molar-refractivity contribution < 1.29 is 14.6 Å². The number of hydrogen-bond acceptors (Lipinski definition) is 5. The zero-order valence-electron chi connectivity index (χ0n) is 10.5. The van der Waals surface area contributed by atoms with Gasteiger partial charge in [-0.25, -0.2) is 0 Å². The molecule has 2 atom stereocenters. The van der Waals surface area contributed by atoms with Gasteiger partial charge in [-0.3, -0.25) is 0 Å². The molecule has 0 aliphatic carbocycles. The summed E-state index contributed by atoms with van der Waals surface area (Å²) in [5, 5.41) is 9.28. The number of benzene rings is 1. The first kappa shape index (κ1) is 13.5. The van der Waals surface area contributed by atoms with E-state index in [0.717, 1.165) is 29.2 Å². The van der Waals surface area contributed by atoms with E-state index in [1.165, 1.54) is 0 Å². The maximum atomic E-state index is 8.85. The summed E-state index contributed by atoms with van der Waals surface area (Å²) in [5.41, 5.74) is 7.21. The van der Waals surface area contributed by atoms with Crippen LogP contribution in [0.5, 0.6) is 11.5 Å². The van der Waals surface area contributed by atoms with E-state index in [-0.39, 0.29) is 19.4 Å². The standard InChI is InChI=1S/C13H19NO3S/c1-9(4-5-15)18-7-11(14)10-2-3-12-13(6-10)17-8-16-12/h2-3,6,9,11,15H,4-5,7-8,14H2,1H3. The van der Waals surface area contributed by atoms with Crippen molar-refractivity contribution >= 4 is 11.8 Å². The van der Waals surface area contributed by atoms with Gasteiger partial charge >= 0.3 is 0 Å². The van der Waals surface area contributed by atoms with Crippen LogP contribution in [-0.2, 0) is 0 Å². The number of ether oxygens (including phenoxy) is 2. The molecule has 5 heteroatoms. The molecule has 1 aromatic carbocycles. The molecule has 0 amide bonds. The Morgan fingerprint density at radius 1 is 1.39 bits per heavy atom. The first-order valence-corrected chi connectivity index (χ1v) is 7.13. The summed E-state index contributed by atoms with van der Waals surface area (Å²) in [4.78, 5) is 0. The first-order valence-electron chi connectivity index (χ1n) is 6.08. The molecule has 3 N–H and O–H groups in total. The molecule has 0 saturated heterocycles. The van der Waals surface area contributed by atoms with Crippen LogP contribution in [0.4, 0.5) is 0 Å². The van der Waals surface area contributed by atoms with Gasteiger partial charge in [-0.2, -0.15) is 11.8 Å². The van der Waals surface area contributed by atoms with Crippen LogP contribution in [0.15, 0.2) is 18.2 Å². The lowest BCUT2D eigenvalue weighted by molar-refractivity contribution is 0.174. The van der Waals surface area contributed by atoms with Crippen LogP contribution in [0.2, 0.25) is 0 Å². The molecule has 0 spiro atoms. The summed E-state index contributed by atoms with van der Waals surface area (Å²) >= 11 is 1.78. The van der Waals surface area contributed by atoms with Gasteiger partial charge in [0.1, 0.15) is 0 Å². The van der Waals surface area contributed by atoms with Crippen LogP contribution in [0.1, 0.15) is 24.9 Å². The number of fused-ring (bicyclic) bond motifs is 1. The summed E-state index contributed by atoms with van der Waals surface area (Å²) in [6.45, 7) is 2.62. The van der Waals surface area contributed by atoms with Gasteiger partial charge in [0.05, 0.1) is 0 Å². The van der Waals surface area contributed by atoms with E-state index < -0.39 is 0 Å². The summed E-state index contributed by atoms with van der Waals surface area (Å²) < 4.78 is 10.6. The molecule has 1 heterocycles. The molecular formula is C13H19NO3S. The highest BCUT2D eigenvalue weighted by Crippen LogP contribution is 2.34. The van der Waals surface area contributed by atoms with Crippen molar-refractivity contribution in [3.05, 3.63) is 23.8 Å². The van der Waals surface area contributed by atoms with E-state index in [4.69, 9.17) is 20.3 Å². The Kier molecular flexibility index (Phi) is 4.74. The molecule has 0 saturated carbocycles. The van der Waals surface area contributed by atoms with E-state index in [2.05, 4.69) is 6.92 Å². The van der Waals surface area contributed by atoms with E-state index in [1.807, 2.05) is 18.2 Å². The van der Waals surface area contributed by atoms with Gasteiger partial charge in [0.15, 0.2) is 11.5 Å². The molecular weight excluding hydrogens is 250 g/mol. The van der Waals surface area contributed by atoms with Crippen molar-refractivity contribution in [3.8, 4) is 11.5 Å². The fourth-order valence-corrected chi connectivity index (χ4v) is 2.77. The SMILES string of the molecule is CC(CCO)SCC(N)c1ccc2c(c1)OCO2. The fraction of sp³-hybridized carbons (Fsp3) is 0.538. The number of aliphatic hydroxyl groups is 1. The molecule has 0 fully saturated rings. The van der Waals surface area contributed by atoms with Crippen molar-refractivity contribution in [2.75, 3.05) is 19.2 Å². The van der Waals surface area contributed by atoms with Crippen molar-refractivity contribution in [2.24, 2.45) is 5.73 Å². The molecule has 1 aromatic rings. The quantitative estimate of drug-likeness (QED) is 0.826. The highest BCUT2D eigenvalue weighted by atomic mass is 32.2. The normalized spacial score (nSPS) is 16.6. The third-order valence-corrected chi connectivity index (χ3v) is 4.28. The second-order valence-corrected chi connectivity index (χ2v) is 5.85. The molecule has 2 unspecified atom stereocenters. The van der Waals surface area contributed by atoms with Crippen molar-refractivity contribution in [1.82, 2.24) is 0 Å². The molecule has 4 nitrogen and oxygen atoms in total. The number of rotatable bonds is 6. The molecule has 18 heavy (non-hydrogen) atoms.